The third-order valence-corrected chi connectivity index (χ3v) is 2.77. The van der Waals surface area contributed by atoms with Crippen LogP contribution in [-0.4, -0.2) is 30.9 Å². The highest BCUT2D eigenvalue weighted by Gasteiger charge is 1.99. The molecule has 0 aliphatic carbocycles. The number of aryl methyl sites for hydroxylation is 1. The summed E-state index contributed by atoms with van der Waals surface area (Å²) in [6.45, 7) is 1.75. The van der Waals surface area contributed by atoms with Crippen LogP contribution < -0.4 is 5.32 Å². The lowest BCUT2D eigenvalue weighted by Gasteiger charge is -2.08. The fourth-order valence-corrected chi connectivity index (χ4v) is 1.90. The van der Waals surface area contributed by atoms with Crippen LogP contribution >= 0.6 is 0 Å². The van der Waals surface area contributed by atoms with Crippen LogP contribution in [0.4, 0.5) is 5.82 Å². The summed E-state index contributed by atoms with van der Waals surface area (Å²) in [5, 5.41) is 11.1. The van der Waals surface area contributed by atoms with Gasteiger partial charge in [-0.05, 0) is 18.6 Å². The van der Waals surface area contributed by atoms with Crippen molar-refractivity contribution in [1.82, 2.24) is 24.4 Å². The third-order valence-electron chi connectivity index (χ3n) is 2.77. The molecule has 18 heavy (non-hydrogen) atoms. The van der Waals surface area contributed by atoms with Crippen molar-refractivity contribution in [2.45, 2.75) is 13.0 Å². The smallest absolute Gasteiger partial charge is 0.138 e. The molecule has 0 fully saturated rings. The van der Waals surface area contributed by atoms with Gasteiger partial charge in [0.1, 0.15) is 11.5 Å². The monoisotopic (exact) mass is 242 g/mol. The first-order valence-electron chi connectivity index (χ1n) is 5.93. The topological polar surface area (TPSA) is 60.0 Å². The first-order chi connectivity index (χ1) is 8.93. The Balaban J connectivity index is 1.58. The molecule has 3 aromatic heterocycles. The van der Waals surface area contributed by atoms with E-state index in [-0.39, 0.29) is 0 Å². The zero-order valence-corrected chi connectivity index (χ0v) is 9.90. The SMILES string of the molecule is c1cc(NCCCn2ccnn2)n2ccnc2c1. The van der Waals surface area contributed by atoms with Gasteiger partial charge in [-0.3, -0.25) is 9.08 Å². The number of anilines is 1. The molecule has 0 atom stereocenters. The molecule has 92 valence electrons. The first-order valence-corrected chi connectivity index (χ1v) is 5.93. The highest BCUT2D eigenvalue weighted by molar-refractivity contribution is 5.49. The number of nitrogens with one attached hydrogen (secondary N) is 1. The molecule has 0 spiro atoms. The minimum atomic E-state index is 0.868. The molecule has 0 bridgehead atoms. The number of hydrogen-bond donors (Lipinski definition) is 1. The average Bonchev–Trinajstić information content (AvgIpc) is 3.05. The van der Waals surface area contributed by atoms with Crippen LogP contribution in [0.1, 0.15) is 6.42 Å². The Labute approximate surface area is 104 Å². The van der Waals surface area contributed by atoms with E-state index in [4.69, 9.17) is 0 Å². The van der Waals surface area contributed by atoms with E-state index in [0.717, 1.165) is 31.0 Å². The van der Waals surface area contributed by atoms with Gasteiger partial charge in [0.25, 0.3) is 0 Å². The van der Waals surface area contributed by atoms with Gasteiger partial charge < -0.3 is 5.32 Å². The third kappa shape index (κ3) is 2.17. The number of nitrogens with zero attached hydrogens (tertiary/aromatic N) is 5. The van der Waals surface area contributed by atoms with Crippen molar-refractivity contribution in [2.24, 2.45) is 0 Å². The van der Waals surface area contributed by atoms with Crippen LogP contribution in [0.3, 0.4) is 0 Å². The average molecular weight is 242 g/mol. The molecule has 3 aromatic rings. The van der Waals surface area contributed by atoms with Crippen molar-refractivity contribution in [3.8, 4) is 0 Å². The van der Waals surface area contributed by atoms with E-state index in [1.807, 2.05) is 39.7 Å². The number of hydrogen-bond acceptors (Lipinski definition) is 4. The van der Waals surface area contributed by atoms with Crippen molar-refractivity contribution < 1.29 is 0 Å². The van der Waals surface area contributed by atoms with Gasteiger partial charge in [-0.25, -0.2) is 4.98 Å². The molecule has 1 N–H and O–H groups in total. The highest BCUT2D eigenvalue weighted by Crippen LogP contribution is 2.10. The van der Waals surface area contributed by atoms with Crippen molar-refractivity contribution in [1.29, 1.82) is 0 Å². The Morgan fingerprint density at radius 2 is 2.17 bits per heavy atom. The minimum absolute atomic E-state index is 0.868. The molecule has 0 radical (unpaired) electrons. The Kier molecular flexibility index (Phi) is 2.91. The summed E-state index contributed by atoms with van der Waals surface area (Å²) in [5.74, 6) is 1.06. The van der Waals surface area contributed by atoms with Crippen LogP contribution in [0.5, 0.6) is 0 Å². The molecule has 3 heterocycles. The predicted molar refractivity (Wildman–Crippen MR) is 68.3 cm³/mol. The molecular weight excluding hydrogens is 228 g/mol. The van der Waals surface area contributed by atoms with E-state index in [0.29, 0.717) is 0 Å². The normalized spacial score (nSPS) is 10.9. The maximum Gasteiger partial charge on any atom is 0.138 e. The maximum atomic E-state index is 4.25. The lowest BCUT2D eigenvalue weighted by Crippen LogP contribution is -2.09. The lowest BCUT2D eigenvalue weighted by atomic mass is 10.4. The second-order valence-corrected chi connectivity index (χ2v) is 4.01. The van der Waals surface area contributed by atoms with Gasteiger partial charge in [-0.1, -0.05) is 11.3 Å². The molecule has 0 saturated heterocycles. The van der Waals surface area contributed by atoms with Gasteiger partial charge in [0.15, 0.2) is 0 Å². The van der Waals surface area contributed by atoms with Gasteiger partial charge >= 0.3 is 0 Å². The maximum absolute atomic E-state index is 4.25. The molecule has 0 aromatic carbocycles. The number of aromatic nitrogens is 5. The number of pyridine rings is 1. The Morgan fingerprint density at radius 1 is 1.17 bits per heavy atom. The molecule has 0 amide bonds. The van der Waals surface area contributed by atoms with Crippen LogP contribution in [-0.2, 0) is 6.54 Å². The van der Waals surface area contributed by atoms with Crippen LogP contribution in [0, 0.1) is 0 Å². The van der Waals surface area contributed by atoms with Crippen molar-refractivity contribution in [3.05, 3.63) is 43.0 Å². The summed E-state index contributed by atoms with van der Waals surface area (Å²) >= 11 is 0. The molecule has 6 nitrogen and oxygen atoms in total. The molecule has 6 heteroatoms. The van der Waals surface area contributed by atoms with Gasteiger partial charge in [-0.15, -0.1) is 5.10 Å². The summed E-state index contributed by atoms with van der Waals surface area (Å²) in [5.41, 5.74) is 0.955. The molecule has 0 aliphatic rings. The van der Waals surface area contributed by atoms with Crippen molar-refractivity contribution >= 4 is 11.5 Å². The summed E-state index contributed by atoms with van der Waals surface area (Å²) < 4.78 is 3.87. The molecule has 0 saturated carbocycles. The van der Waals surface area contributed by atoms with E-state index < -0.39 is 0 Å². The summed E-state index contributed by atoms with van der Waals surface area (Å²) in [7, 11) is 0. The van der Waals surface area contributed by atoms with Crippen molar-refractivity contribution in [3.63, 3.8) is 0 Å². The highest BCUT2D eigenvalue weighted by atomic mass is 15.4. The van der Waals surface area contributed by atoms with E-state index in [1.54, 1.807) is 12.4 Å². The van der Waals surface area contributed by atoms with E-state index >= 15 is 0 Å². The fourth-order valence-electron chi connectivity index (χ4n) is 1.90. The van der Waals surface area contributed by atoms with Gasteiger partial charge in [0, 0.05) is 31.7 Å². The molecule has 0 aliphatic heterocycles. The van der Waals surface area contributed by atoms with Gasteiger partial charge in [0.2, 0.25) is 0 Å². The predicted octanol–water partition coefficient (Wildman–Crippen LogP) is 1.43. The van der Waals surface area contributed by atoms with Crippen LogP contribution in [0.25, 0.3) is 5.65 Å². The van der Waals surface area contributed by atoms with Crippen LogP contribution in [0.2, 0.25) is 0 Å². The van der Waals surface area contributed by atoms with E-state index in [9.17, 15) is 0 Å². The summed E-state index contributed by atoms with van der Waals surface area (Å²) in [4.78, 5) is 4.25. The zero-order chi connectivity index (χ0) is 12.2. The standard InChI is InChI=1S/C12H14N6/c1-3-11(18-10-6-14-12(18)4-1)13-5-2-8-17-9-7-15-16-17/h1,3-4,6-7,9-10,13H,2,5,8H2. The second kappa shape index (κ2) is 4.87. The molecular formula is C12H14N6. The number of rotatable bonds is 5. The van der Waals surface area contributed by atoms with Crippen LogP contribution in [0.15, 0.2) is 43.0 Å². The quantitative estimate of drug-likeness (QED) is 0.687. The lowest BCUT2D eigenvalue weighted by molar-refractivity contribution is 0.569. The Morgan fingerprint density at radius 3 is 3.06 bits per heavy atom. The van der Waals surface area contributed by atoms with E-state index in [2.05, 4.69) is 20.6 Å². The van der Waals surface area contributed by atoms with Gasteiger partial charge in [-0.2, -0.15) is 0 Å². The minimum Gasteiger partial charge on any atom is -0.371 e. The Hall–Kier alpha value is -2.37. The van der Waals surface area contributed by atoms with Gasteiger partial charge in [0.05, 0.1) is 6.20 Å². The summed E-state index contributed by atoms with van der Waals surface area (Å²) in [6.07, 6.45) is 8.32. The Bertz CT molecular complexity index is 612. The second-order valence-electron chi connectivity index (χ2n) is 4.01. The first kappa shape index (κ1) is 10.8. The fraction of sp³-hybridized carbons (Fsp3) is 0.250. The van der Waals surface area contributed by atoms with Crippen molar-refractivity contribution in [2.75, 3.05) is 11.9 Å². The number of imidazole rings is 1. The van der Waals surface area contributed by atoms with E-state index in [1.165, 1.54) is 0 Å². The largest absolute Gasteiger partial charge is 0.371 e. The molecule has 3 rings (SSSR count). The molecule has 0 unspecified atom stereocenters. The number of fused-ring (bicyclic) bond motifs is 1. The summed E-state index contributed by atoms with van der Waals surface area (Å²) in [6, 6.07) is 6.03. The zero-order valence-electron chi connectivity index (χ0n) is 9.90.